The van der Waals surface area contributed by atoms with Crippen LogP contribution in [0.5, 0.6) is 0 Å². The van der Waals surface area contributed by atoms with Crippen molar-refractivity contribution in [1.29, 1.82) is 0 Å². The van der Waals surface area contributed by atoms with Crippen molar-refractivity contribution >= 4 is 12.0 Å². The SMILES string of the molecule is COC(C)(C)CNC(=O)NC1(C(=O)O)CCCCCC1. The molecule has 0 bridgehead atoms. The molecule has 0 aromatic rings. The lowest BCUT2D eigenvalue weighted by Gasteiger charge is -2.30. The van der Waals surface area contributed by atoms with Crippen LogP contribution in [0.25, 0.3) is 0 Å². The quantitative estimate of drug-likeness (QED) is 0.673. The van der Waals surface area contributed by atoms with Crippen LogP contribution in [0, 0.1) is 0 Å². The van der Waals surface area contributed by atoms with Crippen LogP contribution >= 0.6 is 0 Å². The molecule has 0 heterocycles. The number of ether oxygens (including phenoxy) is 1. The summed E-state index contributed by atoms with van der Waals surface area (Å²) in [6, 6.07) is -0.445. The van der Waals surface area contributed by atoms with Crippen LogP contribution in [0.15, 0.2) is 0 Å². The Hall–Kier alpha value is -1.30. The van der Waals surface area contributed by atoms with Gasteiger partial charge in [0, 0.05) is 13.7 Å². The highest BCUT2D eigenvalue weighted by molar-refractivity contribution is 5.86. The zero-order valence-electron chi connectivity index (χ0n) is 12.6. The second kappa shape index (κ2) is 6.92. The maximum Gasteiger partial charge on any atom is 0.329 e. The minimum atomic E-state index is -1.13. The van der Waals surface area contributed by atoms with E-state index in [1.54, 1.807) is 7.11 Å². The van der Waals surface area contributed by atoms with Crippen molar-refractivity contribution in [2.45, 2.75) is 63.5 Å². The topological polar surface area (TPSA) is 87.7 Å². The van der Waals surface area contributed by atoms with E-state index in [-0.39, 0.29) is 0 Å². The Bertz CT molecular complexity index is 347. The molecule has 0 aromatic carbocycles. The summed E-state index contributed by atoms with van der Waals surface area (Å²) in [5.74, 6) is -0.944. The maximum atomic E-state index is 12.0. The van der Waals surface area contributed by atoms with Gasteiger partial charge in [0.15, 0.2) is 0 Å². The molecule has 1 rings (SSSR count). The number of amides is 2. The molecule has 0 unspecified atom stereocenters. The Kier molecular flexibility index (Phi) is 5.80. The van der Waals surface area contributed by atoms with E-state index in [1.165, 1.54) is 0 Å². The fraction of sp³-hybridized carbons (Fsp3) is 0.857. The summed E-state index contributed by atoms with van der Waals surface area (Å²) in [4.78, 5) is 23.5. The first-order valence-corrected chi connectivity index (χ1v) is 7.16. The molecule has 0 aromatic heterocycles. The number of carboxylic acid groups (broad SMARTS) is 1. The molecule has 1 aliphatic rings. The number of carbonyl (C=O) groups is 2. The van der Waals surface area contributed by atoms with Gasteiger partial charge in [-0.2, -0.15) is 0 Å². The van der Waals surface area contributed by atoms with Gasteiger partial charge < -0.3 is 20.5 Å². The summed E-state index contributed by atoms with van der Waals surface area (Å²) < 4.78 is 5.21. The minimum Gasteiger partial charge on any atom is -0.480 e. The standard InChI is InChI=1S/C14H26N2O4/c1-13(2,20-3)10-15-12(19)16-14(11(17)18)8-6-4-5-7-9-14/h4-10H2,1-3H3,(H,17,18)(H2,15,16,19). The molecular formula is C14H26N2O4. The van der Waals surface area contributed by atoms with Gasteiger partial charge in [0.25, 0.3) is 0 Å². The summed E-state index contributed by atoms with van der Waals surface area (Å²) in [7, 11) is 1.57. The monoisotopic (exact) mass is 286 g/mol. The lowest BCUT2D eigenvalue weighted by molar-refractivity contribution is -0.145. The average molecular weight is 286 g/mol. The molecule has 116 valence electrons. The first-order valence-electron chi connectivity index (χ1n) is 7.16. The number of urea groups is 1. The Morgan fingerprint density at radius 3 is 2.20 bits per heavy atom. The predicted octanol–water partition coefficient (Wildman–Crippen LogP) is 1.89. The second-order valence-corrected chi connectivity index (χ2v) is 6.07. The number of aliphatic carboxylic acids is 1. The van der Waals surface area contributed by atoms with Gasteiger partial charge in [-0.15, -0.1) is 0 Å². The first kappa shape index (κ1) is 16.8. The zero-order chi connectivity index (χ0) is 15.2. The van der Waals surface area contributed by atoms with Crippen molar-refractivity contribution < 1.29 is 19.4 Å². The van der Waals surface area contributed by atoms with E-state index in [4.69, 9.17) is 4.74 Å². The van der Waals surface area contributed by atoms with Crippen LogP contribution in [0.2, 0.25) is 0 Å². The predicted molar refractivity (Wildman–Crippen MR) is 75.7 cm³/mol. The van der Waals surface area contributed by atoms with Crippen molar-refractivity contribution in [2.75, 3.05) is 13.7 Å². The number of methoxy groups -OCH3 is 1. The fourth-order valence-electron chi connectivity index (χ4n) is 2.35. The maximum absolute atomic E-state index is 12.0. The van der Waals surface area contributed by atoms with E-state index >= 15 is 0 Å². The van der Waals surface area contributed by atoms with E-state index in [1.807, 2.05) is 13.8 Å². The van der Waals surface area contributed by atoms with E-state index in [0.717, 1.165) is 25.7 Å². The molecule has 1 aliphatic carbocycles. The van der Waals surface area contributed by atoms with Gasteiger partial charge in [-0.3, -0.25) is 0 Å². The van der Waals surface area contributed by atoms with Crippen molar-refractivity contribution in [3.05, 3.63) is 0 Å². The van der Waals surface area contributed by atoms with Crippen molar-refractivity contribution in [1.82, 2.24) is 10.6 Å². The molecule has 1 saturated carbocycles. The molecule has 0 atom stereocenters. The van der Waals surface area contributed by atoms with Gasteiger partial charge in [-0.05, 0) is 26.7 Å². The molecule has 6 heteroatoms. The van der Waals surface area contributed by atoms with Gasteiger partial charge in [0.05, 0.1) is 5.60 Å². The number of nitrogens with one attached hydrogen (secondary N) is 2. The third kappa shape index (κ3) is 4.67. The molecule has 1 fully saturated rings. The zero-order valence-corrected chi connectivity index (χ0v) is 12.6. The number of hydrogen-bond donors (Lipinski definition) is 3. The Balaban J connectivity index is 2.61. The molecule has 3 N–H and O–H groups in total. The number of rotatable bonds is 5. The molecule has 0 radical (unpaired) electrons. The summed E-state index contributed by atoms with van der Waals surface area (Å²) in [6.07, 6.45) is 4.68. The first-order chi connectivity index (χ1) is 9.31. The summed E-state index contributed by atoms with van der Waals surface area (Å²) in [6.45, 7) is 4.03. The molecular weight excluding hydrogens is 260 g/mol. The lowest BCUT2D eigenvalue weighted by atomic mass is 9.90. The van der Waals surface area contributed by atoms with Crippen molar-refractivity contribution in [3.8, 4) is 0 Å². The van der Waals surface area contributed by atoms with Crippen LogP contribution in [0.1, 0.15) is 52.4 Å². The molecule has 0 spiro atoms. The number of hydrogen-bond acceptors (Lipinski definition) is 3. The third-order valence-electron chi connectivity index (χ3n) is 3.95. The van der Waals surface area contributed by atoms with E-state index in [2.05, 4.69) is 10.6 Å². The van der Waals surface area contributed by atoms with Gasteiger partial charge in [0.2, 0.25) is 0 Å². The van der Waals surface area contributed by atoms with Gasteiger partial charge in [0.1, 0.15) is 5.54 Å². The van der Waals surface area contributed by atoms with Crippen LogP contribution in [0.4, 0.5) is 4.79 Å². The third-order valence-corrected chi connectivity index (χ3v) is 3.95. The summed E-state index contributed by atoms with van der Waals surface area (Å²) >= 11 is 0. The summed E-state index contributed by atoms with van der Waals surface area (Å²) in [5.41, 5.74) is -1.60. The van der Waals surface area contributed by atoms with Gasteiger partial charge in [-0.1, -0.05) is 25.7 Å². The second-order valence-electron chi connectivity index (χ2n) is 6.07. The Morgan fingerprint density at radius 1 is 1.20 bits per heavy atom. The van der Waals surface area contributed by atoms with Crippen LogP contribution < -0.4 is 10.6 Å². The number of carbonyl (C=O) groups excluding carboxylic acids is 1. The van der Waals surface area contributed by atoms with Crippen molar-refractivity contribution in [3.63, 3.8) is 0 Å². The molecule has 6 nitrogen and oxygen atoms in total. The van der Waals surface area contributed by atoms with Crippen LogP contribution in [-0.4, -0.2) is 41.9 Å². The van der Waals surface area contributed by atoms with E-state index < -0.39 is 23.1 Å². The Morgan fingerprint density at radius 2 is 1.75 bits per heavy atom. The minimum absolute atomic E-state index is 0.324. The largest absolute Gasteiger partial charge is 0.480 e. The molecule has 0 aliphatic heterocycles. The highest BCUT2D eigenvalue weighted by Gasteiger charge is 2.40. The van der Waals surface area contributed by atoms with Crippen LogP contribution in [-0.2, 0) is 9.53 Å². The summed E-state index contributed by atoms with van der Waals surface area (Å²) in [5, 5.41) is 14.8. The Labute approximate surface area is 120 Å². The van der Waals surface area contributed by atoms with E-state index in [9.17, 15) is 14.7 Å². The molecule has 0 saturated heterocycles. The average Bonchev–Trinajstić information content (AvgIpc) is 2.63. The van der Waals surface area contributed by atoms with E-state index in [0.29, 0.717) is 19.4 Å². The van der Waals surface area contributed by atoms with Crippen molar-refractivity contribution in [2.24, 2.45) is 0 Å². The molecule has 2 amide bonds. The van der Waals surface area contributed by atoms with Crippen LogP contribution in [0.3, 0.4) is 0 Å². The van der Waals surface area contributed by atoms with Gasteiger partial charge in [-0.25, -0.2) is 9.59 Å². The highest BCUT2D eigenvalue weighted by Crippen LogP contribution is 2.27. The highest BCUT2D eigenvalue weighted by atomic mass is 16.5. The normalized spacial score (nSPS) is 18.9. The van der Waals surface area contributed by atoms with Gasteiger partial charge >= 0.3 is 12.0 Å². The number of carboxylic acids is 1. The lowest BCUT2D eigenvalue weighted by Crippen LogP contribution is -2.58. The molecule has 20 heavy (non-hydrogen) atoms. The smallest absolute Gasteiger partial charge is 0.329 e. The fourth-order valence-corrected chi connectivity index (χ4v) is 2.35.